The maximum absolute atomic E-state index is 5.37. The first-order valence-corrected chi connectivity index (χ1v) is 10.0. The molecule has 0 radical (unpaired) electrons. The zero-order valence-corrected chi connectivity index (χ0v) is 20.3. The van der Waals surface area contributed by atoms with Gasteiger partial charge in [0.05, 0.1) is 7.11 Å². The Kier molecular flexibility index (Phi) is 9.41. The highest BCUT2D eigenvalue weighted by molar-refractivity contribution is 14.0. The normalized spacial score (nSPS) is 16.6. The molecule has 1 saturated heterocycles. The van der Waals surface area contributed by atoms with Crippen LogP contribution in [-0.2, 0) is 13.6 Å². The topological polar surface area (TPSA) is 79.6 Å². The van der Waals surface area contributed by atoms with Gasteiger partial charge in [-0.1, -0.05) is 12.1 Å². The summed E-state index contributed by atoms with van der Waals surface area (Å²) in [5, 5.41) is 15.2. The molecule has 9 heteroatoms. The van der Waals surface area contributed by atoms with Gasteiger partial charge in [-0.15, -0.1) is 40.8 Å². The number of hydrogen-bond donors (Lipinski definition) is 2. The van der Waals surface area contributed by atoms with E-state index in [0.29, 0.717) is 19.1 Å². The number of anilines is 1. The van der Waals surface area contributed by atoms with Crippen molar-refractivity contribution in [3.63, 3.8) is 0 Å². The zero-order chi connectivity index (χ0) is 20.6. The minimum atomic E-state index is 0. The summed E-state index contributed by atoms with van der Waals surface area (Å²) < 4.78 is 7.33. The molecule has 164 valence electrons. The molecule has 1 aromatic heterocycles. The molecule has 2 N–H and O–H groups in total. The van der Waals surface area contributed by atoms with Crippen LogP contribution in [0.2, 0.25) is 0 Å². The van der Waals surface area contributed by atoms with Crippen molar-refractivity contribution in [3.05, 3.63) is 48.6 Å². The van der Waals surface area contributed by atoms with Crippen molar-refractivity contribution >= 4 is 35.6 Å². The number of ether oxygens (including phenoxy) is 1. The number of guanidine groups is 1. The van der Waals surface area contributed by atoms with Crippen LogP contribution in [0, 0.1) is 6.92 Å². The molecule has 2 heterocycles. The lowest BCUT2D eigenvalue weighted by atomic mass is 10.0. The van der Waals surface area contributed by atoms with Gasteiger partial charge in [0, 0.05) is 44.5 Å². The van der Waals surface area contributed by atoms with Gasteiger partial charge in [0.25, 0.3) is 0 Å². The molecule has 1 aliphatic heterocycles. The monoisotopic (exact) mass is 525 g/mol. The molecule has 0 spiro atoms. The minimum Gasteiger partial charge on any atom is -0.497 e. The summed E-state index contributed by atoms with van der Waals surface area (Å²) >= 11 is 0. The number of methoxy groups -OCH3 is 1. The zero-order valence-electron chi connectivity index (χ0n) is 18.0. The fourth-order valence-corrected chi connectivity index (χ4v) is 3.39. The van der Waals surface area contributed by atoms with E-state index in [1.165, 1.54) is 5.69 Å². The molecule has 0 aliphatic carbocycles. The van der Waals surface area contributed by atoms with Crippen molar-refractivity contribution in [3.8, 4) is 5.75 Å². The third-order valence-electron chi connectivity index (χ3n) is 5.16. The summed E-state index contributed by atoms with van der Waals surface area (Å²) in [5.41, 5.74) is 1.18. The molecule has 2 aromatic rings. The Bertz CT molecular complexity index is 852. The van der Waals surface area contributed by atoms with Gasteiger partial charge in [0.1, 0.15) is 18.1 Å². The third-order valence-corrected chi connectivity index (χ3v) is 5.16. The number of rotatable bonds is 7. The lowest BCUT2D eigenvalue weighted by Crippen LogP contribution is -2.51. The lowest BCUT2D eigenvalue weighted by Gasteiger charge is -2.35. The Hall–Kier alpha value is -2.30. The summed E-state index contributed by atoms with van der Waals surface area (Å²) in [4.78, 5) is 7.10. The minimum absolute atomic E-state index is 0. The predicted octanol–water partition coefficient (Wildman–Crippen LogP) is 2.64. The summed E-state index contributed by atoms with van der Waals surface area (Å²) in [6.45, 7) is 8.79. The molecule has 1 atom stereocenters. The van der Waals surface area contributed by atoms with Crippen LogP contribution in [0.25, 0.3) is 0 Å². The average Bonchev–Trinajstić information content (AvgIpc) is 3.08. The van der Waals surface area contributed by atoms with Gasteiger partial charge < -0.3 is 24.8 Å². The van der Waals surface area contributed by atoms with Crippen LogP contribution in [0.4, 0.5) is 5.69 Å². The van der Waals surface area contributed by atoms with Gasteiger partial charge in [-0.2, -0.15) is 0 Å². The Morgan fingerprint density at radius 2 is 2.23 bits per heavy atom. The standard InChI is InChI=1S/C21H31N7O.HI/c1-5-11-22-21(23-14-20-26-25-16(2)27(20)3)24-17-8-7-12-28(15-17)18-9-6-10-19(13-18)29-4;/h5-6,9-10,13,17H,1,7-8,11-12,14-15H2,2-4H3,(H2,22,23,24);1H. The molecule has 1 aliphatic rings. The average molecular weight is 525 g/mol. The maximum Gasteiger partial charge on any atom is 0.192 e. The summed E-state index contributed by atoms with van der Waals surface area (Å²) in [6, 6.07) is 8.52. The van der Waals surface area contributed by atoms with Crippen LogP contribution < -0.4 is 20.3 Å². The maximum atomic E-state index is 5.37. The molecule has 30 heavy (non-hydrogen) atoms. The van der Waals surface area contributed by atoms with Crippen LogP contribution in [0.1, 0.15) is 24.5 Å². The van der Waals surface area contributed by atoms with Gasteiger partial charge in [-0.3, -0.25) is 0 Å². The van der Waals surface area contributed by atoms with Crippen molar-refractivity contribution < 1.29 is 4.74 Å². The quantitative estimate of drug-likeness (QED) is 0.251. The van der Waals surface area contributed by atoms with Crippen LogP contribution in [0.15, 0.2) is 41.9 Å². The van der Waals surface area contributed by atoms with E-state index >= 15 is 0 Å². The third kappa shape index (κ3) is 6.35. The van der Waals surface area contributed by atoms with Crippen LogP contribution in [-0.4, -0.2) is 53.5 Å². The van der Waals surface area contributed by atoms with Crippen LogP contribution >= 0.6 is 24.0 Å². The molecule has 8 nitrogen and oxygen atoms in total. The first kappa shape index (κ1) is 24.0. The van der Waals surface area contributed by atoms with E-state index < -0.39 is 0 Å². The van der Waals surface area contributed by atoms with Gasteiger partial charge in [0.15, 0.2) is 11.8 Å². The second-order valence-electron chi connectivity index (χ2n) is 7.19. The molecule has 1 aromatic carbocycles. The van der Waals surface area contributed by atoms with E-state index in [1.807, 2.05) is 36.7 Å². The second-order valence-corrected chi connectivity index (χ2v) is 7.19. The van der Waals surface area contributed by atoms with Crippen molar-refractivity contribution in [2.75, 3.05) is 31.6 Å². The highest BCUT2D eigenvalue weighted by atomic mass is 127. The molecule has 0 amide bonds. The molecule has 1 unspecified atom stereocenters. The van der Waals surface area contributed by atoms with Gasteiger partial charge in [-0.25, -0.2) is 4.99 Å². The lowest BCUT2D eigenvalue weighted by molar-refractivity contribution is 0.414. The fourth-order valence-electron chi connectivity index (χ4n) is 3.39. The smallest absolute Gasteiger partial charge is 0.192 e. The number of hydrogen-bond acceptors (Lipinski definition) is 5. The number of nitrogens with zero attached hydrogens (tertiary/aromatic N) is 5. The largest absolute Gasteiger partial charge is 0.497 e. The van der Waals surface area contributed by atoms with Crippen molar-refractivity contribution in [2.45, 2.75) is 32.4 Å². The van der Waals surface area contributed by atoms with E-state index in [4.69, 9.17) is 9.73 Å². The fraction of sp³-hybridized carbons (Fsp3) is 0.476. The SMILES string of the molecule is C=CCNC(=NCc1nnc(C)n1C)NC1CCCN(c2cccc(OC)c2)C1.I. The molecule has 3 rings (SSSR count). The molecule has 0 saturated carbocycles. The summed E-state index contributed by atoms with van der Waals surface area (Å²) in [6.07, 6.45) is 4.04. The highest BCUT2D eigenvalue weighted by Crippen LogP contribution is 2.24. The molecule has 0 bridgehead atoms. The first-order valence-electron chi connectivity index (χ1n) is 10.0. The number of aromatic nitrogens is 3. The number of benzene rings is 1. The highest BCUT2D eigenvalue weighted by Gasteiger charge is 2.21. The summed E-state index contributed by atoms with van der Waals surface area (Å²) in [7, 11) is 3.66. The molecular formula is C21H32IN7O. The Labute approximate surface area is 195 Å². The van der Waals surface area contributed by atoms with Crippen LogP contribution in [0.5, 0.6) is 5.75 Å². The van der Waals surface area contributed by atoms with E-state index in [9.17, 15) is 0 Å². The van der Waals surface area contributed by atoms with E-state index in [-0.39, 0.29) is 24.0 Å². The van der Waals surface area contributed by atoms with Crippen molar-refractivity contribution in [2.24, 2.45) is 12.0 Å². The number of aryl methyl sites for hydroxylation is 1. The first-order chi connectivity index (χ1) is 14.1. The number of piperidine rings is 1. The van der Waals surface area contributed by atoms with Gasteiger partial charge in [0.2, 0.25) is 0 Å². The van der Waals surface area contributed by atoms with Gasteiger partial charge in [-0.05, 0) is 31.9 Å². The second kappa shape index (κ2) is 11.8. The van der Waals surface area contributed by atoms with Crippen LogP contribution in [0.3, 0.4) is 0 Å². The van der Waals surface area contributed by atoms with E-state index in [1.54, 1.807) is 7.11 Å². The Balaban J connectivity index is 0.00000320. The Morgan fingerprint density at radius 3 is 2.93 bits per heavy atom. The van der Waals surface area contributed by atoms with E-state index in [0.717, 1.165) is 49.3 Å². The predicted molar refractivity (Wildman–Crippen MR) is 132 cm³/mol. The van der Waals surface area contributed by atoms with E-state index in [2.05, 4.69) is 44.4 Å². The number of nitrogens with one attached hydrogen (secondary N) is 2. The van der Waals surface area contributed by atoms with Gasteiger partial charge >= 0.3 is 0 Å². The number of aliphatic imine (C=N–C) groups is 1. The molecular weight excluding hydrogens is 493 g/mol. The van der Waals surface area contributed by atoms with Crippen molar-refractivity contribution in [1.82, 2.24) is 25.4 Å². The number of halogens is 1. The Morgan fingerprint density at radius 1 is 1.40 bits per heavy atom. The molecule has 1 fully saturated rings. The van der Waals surface area contributed by atoms with Crippen molar-refractivity contribution in [1.29, 1.82) is 0 Å². The summed E-state index contributed by atoms with van der Waals surface area (Å²) in [5.74, 6) is 3.36.